The Kier molecular flexibility index (Phi) is 6.87. The molecule has 1 saturated heterocycles. The Morgan fingerprint density at radius 1 is 0.889 bits per heavy atom. The van der Waals surface area contributed by atoms with Crippen molar-refractivity contribution in [3.63, 3.8) is 0 Å². The summed E-state index contributed by atoms with van der Waals surface area (Å²) in [6.07, 6.45) is 0. The minimum Gasteiger partial charge on any atom is -0.497 e. The second kappa shape index (κ2) is 9.55. The average molecular weight is 387 g/mol. The van der Waals surface area contributed by atoms with E-state index in [9.17, 15) is 4.79 Å². The molecule has 0 radical (unpaired) electrons. The van der Waals surface area contributed by atoms with Crippen molar-refractivity contribution < 1.29 is 14.3 Å². The van der Waals surface area contributed by atoms with E-state index in [0.29, 0.717) is 5.75 Å². The topological polar surface area (TPSA) is 42.0 Å². The lowest BCUT2D eigenvalue weighted by Gasteiger charge is -2.36. The number of thioether (sulfide) groups is 1. The fraction of sp³-hybridized carbons (Fsp3) is 0.381. The third kappa shape index (κ3) is 5.32. The highest BCUT2D eigenvalue weighted by atomic mass is 32.2. The van der Waals surface area contributed by atoms with Crippen LogP contribution >= 0.6 is 11.8 Å². The Hall–Kier alpha value is -2.34. The monoisotopic (exact) mass is 386 g/mol. The van der Waals surface area contributed by atoms with E-state index in [4.69, 9.17) is 9.47 Å². The maximum atomic E-state index is 12.5. The maximum absolute atomic E-state index is 12.5. The molecule has 144 valence electrons. The summed E-state index contributed by atoms with van der Waals surface area (Å²) in [4.78, 5) is 16.8. The van der Waals surface area contributed by atoms with Crippen LogP contribution in [-0.4, -0.2) is 57.0 Å². The number of benzene rings is 2. The van der Waals surface area contributed by atoms with Crippen molar-refractivity contribution in [1.29, 1.82) is 0 Å². The molecule has 27 heavy (non-hydrogen) atoms. The minimum absolute atomic E-state index is 0.225. The lowest BCUT2D eigenvalue weighted by molar-refractivity contribution is -0.128. The Morgan fingerprint density at radius 2 is 1.44 bits per heavy atom. The molecule has 0 spiro atoms. The fourth-order valence-electron chi connectivity index (χ4n) is 3.08. The van der Waals surface area contributed by atoms with E-state index < -0.39 is 0 Å². The second-order valence-electron chi connectivity index (χ2n) is 6.41. The SMILES string of the molecule is COc1ccc(CSCC(=O)N2CCN(c3ccc(OC)cc3)CC2)cc1. The van der Waals surface area contributed by atoms with Gasteiger partial charge >= 0.3 is 0 Å². The summed E-state index contributed by atoms with van der Waals surface area (Å²) in [5.74, 6) is 3.30. The van der Waals surface area contributed by atoms with Crippen LogP contribution in [0, 0.1) is 0 Å². The number of nitrogens with zero attached hydrogens (tertiary/aromatic N) is 2. The molecule has 2 aromatic rings. The fourth-order valence-corrected chi connectivity index (χ4v) is 3.96. The van der Waals surface area contributed by atoms with E-state index in [1.807, 2.05) is 41.3 Å². The number of carbonyl (C=O) groups excluding carboxylic acids is 1. The molecule has 0 bridgehead atoms. The zero-order valence-electron chi connectivity index (χ0n) is 15.9. The Morgan fingerprint density at radius 3 is 2.00 bits per heavy atom. The third-order valence-electron chi connectivity index (χ3n) is 4.72. The second-order valence-corrected chi connectivity index (χ2v) is 7.39. The lowest BCUT2D eigenvalue weighted by Crippen LogP contribution is -2.49. The largest absolute Gasteiger partial charge is 0.497 e. The van der Waals surface area contributed by atoms with Crippen LogP contribution < -0.4 is 14.4 Å². The van der Waals surface area contributed by atoms with Crippen molar-refractivity contribution in [2.45, 2.75) is 5.75 Å². The summed E-state index contributed by atoms with van der Waals surface area (Å²) in [5.41, 5.74) is 2.38. The van der Waals surface area contributed by atoms with Gasteiger partial charge in [0, 0.05) is 37.6 Å². The van der Waals surface area contributed by atoms with Gasteiger partial charge in [-0.25, -0.2) is 0 Å². The summed E-state index contributed by atoms with van der Waals surface area (Å²) in [7, 11) is 3.34. The van der Waals surface area contributed by atoms with E-state index in [1.165, 1.54) is 11.3 Å². The first-order valence-electron chi connectivity index (χ1n) is 9.07. The van der Waals surface area contributed by atoms with Gasteiger partial charge in [-0.2, -0.15) is 0 Å². The molecule has 2 aromatic carbocycles. The minimum atomic E-state index is 0.225. The Bertz CT molecular complexity index is 726. The molecule has 5 nitrogen and oxygen atoms in total. The normalized spacial score (nSPS) is 14.1. The molecule has 6 heteroatoms. The number of piperazine rings is 1. The number of methoxy groups -OCH3 is 2. The van der Waals surface area contributed by atoms with Crippen LogP contribution in [0.25, 0.3) is 0 Å². The van der Waals surface area contributed by atoms with Gasteiger partial charge in [0.1, 0.15) is 11.5 Å². The van der Waals surface area contributed by atoms with Crippen LogP contribution in [0.3, 0.4) is 0 Å². The summed E-state index contributed by atoms with van der Waals surface area (Å²) < 4.78 is 10.4. The van der Waals surface area contributed by atoms with E-state index in [2.05, 4.69) is 17.0 Å². The number of rotatable bonds is 7. The summed E-state index contributed by atoms with van der Waals surface area (Å²) in [6.45, 7) is 3.27. The number of amides is 1. The van der Waals surface area contributed by atoms with Crippen LogP contribution in [0.1, 0.15) is 5.56 Å². The van der Waals surface area contributed by atoms with Crippen LogP contribution in [0.4, 0.5) is 5.69 Å². The average Bonchev–Trinajstić information content (AvgIpc) is 2.74. The van der Waals surface area contributed by atoms with E-state index >= 15 is 0 Å². The Labute approximate surface area is 165 Å². The van der Waals surface area contributed by atoms with Crippen molar-refractivity contribution in [1.82, 2.24) is 4.90 Å². The van der Waals surface area contributed by atoms with Gasteiger partial charge < -0.3 is 19.3 Å². The smallest absolute Gasteiger partial charge is 0.232 e. The maximum Gasteiger partial charge on any atom is 0.232 e. The van der Waals surface area contributed by atoms with Gasteiger partial charge in [0.2, 0.25) is 5.91 Å². The molecular formula is C21H26N2O3S. The van der Waals surface area contributed by atoms with Crippen molar-refractivity contribution in [3.05, 3.63) is 54.1 Å². The molecule has 1 aliphatic heterocycles. The van der Waals surface area contributed by atoms with E-state index in [0.717, 1.165) is 43.4 Å². The molecule has 0 unspecified atom stereocenters. The third-order valence-corrected chi connectivity index (χ3v) is 5.71. The first kappa shape index (κ1) is 19.4. The molecule has 1 aliphatic rings. The van der Waals surface area contributed by atoms with E-state index in [1.54, 1.807) is 26.0 Å². The molecule has 1 heterocycles. The highest BCUT2D eigenvalue weighted by Crippen LogP contribution is 2.21. The molecule has 0 atom stereocenters. The molecule has 1 amide bonds. The van der Waals surface area contributed by atoms with Crippen LogP contribution in [0.2, 0.25) is 0 Å². The van der Waals surface area contributed by atoms with Crippen molar-refractivity contribution in [2.24, 2.45) is 0 Å². The molecule has 0 aromatic heterocycles. The van der Waals surface area contributed by atoms with Gasteiger partial charge in [0.15, 0.2) is 0 Å². The van der Waals surface area contributed by atoms with Crippen LogP contribution in [0.15, 0.2) is 48.5 Å². The van der Waals surface area contributed by atoms with Gasteiger partial charge in [0.25, 0.3) is 0 Å². The number of hydrogen-bond acceptors (Lipinski definition) is 5. The van der Waals surface area contributed by atoms with Crippen LogP contribution in [0.5, 0.6) is 11.5 Å². The first-order valence-corrected chi connectivity index (χ1v) is 10.2. The zero-order valence-corrected chi connectivity index (χ0v) is 16.7. The molecule has 0 saturated carbocycles. The van der Waals surface area contributed by atoms with Gasteiger partial charge in [-0.3, -0.25) is 4.79 Å². The number of ether oxygens (including phenoxy) is 2. The van der Waals surface area contributed by atoms with E-state index in [-0.39, 0.29) is 5.91 Å². The van der Waals surface area contributed by atoms with Gasteiger partial charge in [-0.1, -0.05) is 12.1 Å². The van der Waals surface area contributed by atoms with Crippen LogP contribution in [-0.2, 0) is 10.5 Å². The van der Waals surface area contributed by atoms with Crippen molar-refractivity contribution in [2.75, 3.05) is 51.1 Å². The zero-order chi connectivity index (χ0) is 19.1. The van der Waals surface area contributed by atoms with Crippen molar-refractivity contribution in [3.8, 4) is 11.5 Å². The lowest BCUT2D eigenvalue weighted by atomic mass is 10.2. The summed E-state index contributed by atoms with van der Waals surface area (Å²) in [5, 5.41) is 0. The predicted octanol–water partition coefficient (Wildman–Crippen LogP) is 3.29. The molecule has 1 fully saturated rings. The number of anilines is 1. The standard InChI is InChI=1S/C21H26N2O3S/c1-25-19-7-3-17(4-8-19)15-27-16-21(24)23-13-11-22(12-14-23)18-5-9-20(26-2)10-6-18/h3-10H,11-16H2,1-2H3. The number of hydrogen-bond donors (Lipinski definition) is 0. The number of carbonyl (C=O) groups is 1. The molecule has 0 aliphatic carbocycles. The quantitative estimate of drug-likeness (QED) is 0.730. The van der Waals surface area contributed by atoms with Gasteiger partial charge in [-0.05, 0) is 42.0 Å². The summed E-state index contributed by atoms with van der Waals surface area (Å²) in [6, 6.07) is 16.1. The molecule has 3 rings (SSSR count). The van der Waals surface area contributed by atoms with Gasteiger partial charge in [-0.15, -0.1) is 11.8 Å². The molecule has 0 N–H and O–H groups in total. The Balaban J connectivity index is 1.41. The van der Waals surface area contributed by atoms with Crippen molar-refractivity contribution >= 4 is 23.4 Å². The highest BCUT2D eigenvalue weighted by molar-refractivity contribution is 7.99. The van der Waals surface area contributed by atoms with Gasteiger partial charge in [0.05, 0.1) is 20.0 Å². The first-order chi connectivity index (χ1) is 13.2. The summed E-state index contributed by atoms with van der Waals surface area (Å²) >= 11 is 1.66. The highest BCUT2D eigenvalue weighted by Gasteiger charge is 2.21. The molecular weight excluding hydrogens is 360 g/mol. The predicted molar refractivity (Wildman–Crippen MR) is 111 cm³/mol.